The second-order valence-electron chi connectivity index (χ2n) is 3.89. The van der Waals surface area contributed by atoms with Gasteiger partial charge in [0, 0.05) is 27.7 Å². The van der Waals surface area contributed by atoms with Gasteiger partial charge in [-0.05, 0) is 36.8 Å². The van der Waals surface area contributed by atoms with Crippen molar-refractivity contribution in [3.63, 3.8) is 0 Å². The van der Waals surface area contributed by atoms with Crippen LogP contribution in [0.15, 0.2) is 23.0 Å². The molecule has 0 atom stereocenters. The largest absolute Gasteiger partial charge is 0.336 e. The first-order chi connectivity index (χ1) is 8.49. The summed E-state index contributed by atoms with van der Waals surface area (Å²) in [6.07, 6.45) is 0.367. The van der Waals surface area contributed by atoms with Crippen molar-refractivity contribution in [1.82, 2.24) is 9.97 Å². The van der Waals surface area contributed by atoms with Crippen LogP contribution in [0.1, 0.15) is 16.8 Å². The molecule has 94 valence electrons. The number of rotatable bonds is 2. The summed E-state index contributed by atoms with van der Waals surface area (Å²) in [7, 11) is 0. The summed E-state index contributed by atoms with van der Waals surface area (Å²) in [6.45, 7) is 1.80. The summed E-state index contributed by atoms with van der Waals surface area (Å²) in [4.78, 5) is 17.3. The fourth-order valence-electron chi connectivity index (χ4n) is 1.72. The molecule has 0 unspecified atom stereocenters. The van der Waals surface area contributed by atoms with Crippen LogP contribution in [0.2, 0.25) is 10.0 Å². The summed E-state index contributed by atoms with van der Waals surface area (Å²) in [5, 5.41) is 1.09. The van der Waals surface area contributed by atoms with Gasteiger partial charge in [0.2, 0.25) is 0 Å². The second kappa shape index (κ2) is 5.26. The highest BCUT2D eigenvalue weighted by Crippen LogP contribution is 2.26. The van der Waals surface area contributed by atoms with E-state index in [1.807, 2.05) is 0 Å². The molecule has 0 aliphatic carbocycles. The Kier molecular flexibility index (Phi) is 3.90. The van der Waals surface area contributed by atoms with Gasteiger partial charge in [-0.2, -0.15) is 0 Å². The second-order valence-corrected chi connectivity index (χ2v) is 5.11. The van der Waals surface area contributed by atoms with E-state index in [4.69, 9.17) is 35.4 Å². The molecule has 0 aliphatic rings. The van der Waals surface area contributed by atoms with Crippen molar-refractivity contribution in [2.45, 2.75) is 13.3 Å². The quantitative estimate of drug-likeness (QED) is 0.832. The van der Waals surface area contributed by atoms with E-state index in [0.717, 1.165) is 11.3 Å². The van der Waals surface area contributed by atoms with E-state index >= 15 is 0 Å². The molecule has 0 radical (unpaired) electrons. The number of halogens is 2. The number of hydrogen-bond donors (Lipinski definition) is 2. The maximum absolute atomic E-state index is 11.9. The third kappa shape index (κ3) is 2.66. The normalized spacial score (nSPS) is 10.6. The minimum absolute atomic E-state index is 0.216. The zero-order valence-electron chi connectivity index (χ0n) is 9.51. The van der Waals surface area contributed by atoms with Gasteiger partial charge in [-0.3, -0.25) is 9.78 Å². The van der Waals surface area contributed by atoms with Gasteiger partial charge >= 0.3 is 0 Å². The summed E-state index contributed by atoms with van der Waals surface area (Å²) in [5.74, 6) is 0. The standard InChI is InChI=1S/C12H10Cl2N2OS/c1-6-7(11(17)16-12(18)15-6)5-8-9(13)3-2-4-10(8)14/h2-4H,5H2,1H3,(H2,15,16,17,18). The van der Waals surface area contributed by atoms with Crippen molar-refractivity contribution in [3.8, 4) is 0 Å². The van der Waals surface area contributed by atoms with Crippen molar-refractivity contribution >= 4 is 35.4 Å². The predicted molar refractivity (Wildman–Crippen MR) is 76.3 cm³/mol. The summed E-state index contributed by atoms with van der Waals surface area (Å²) < 4.78 is 0.312. The van der Waals surface area contributed by atoms with Crippen molar-refractivity contribution in [3.05, 3.63) is 60.2 Å². The van der Waals surface area contributed by atoms with Crippen LogP contribution in [0.4, 0.5) is 0 Å². The minimum atomic E-state index is -0.216. The van der Waals surface area contributed by atoms with Crippen LogP contribution >= 0.6 is 35.4 Å². The Bertz CT molecular complexity index is 686. The molecule has 0 aliphatic heterocycles. The Labute approximate surface area is 119 Å². The first-order valence-corrected chi connectivity index (χ1v) is 6.40. The molecule has 6 heteroatoms. The lowest BCUT2D eigenvalue weighted by atomic mass is 10.1. The van der Waals surface area contributed by atoms with E-state index in [0.29, 0.717) is 26.8 Å². The van der Waals surface area contributed by atoms with Gasteiger partial charge in [-0.1, -0.05) is 29.3 Å². The fourth-order valence-corrected chi connectivity index (χ4v) is 2.49. The van der Waals surface area contributed by atoms with Crippen LogP contribution in [0, 0.1) is 11.7 Å². The Balaban J connectivity index is 2.54. The zero-order valence-corrected chi connectivity index (χ0v) is 11.8. The fraction of sp³-hybridized carbons (Fsp3) is 0.167. The molecule has 0 saturated carbocycles. The lowest BCUT2D eigenvalue weighted by molar-refractivity contribution is 0.963. The Morgan fingerprint density at radius 3 is 2.33 bits per heavy atom. The molecule has 0 fully saturated rings. The summed E-state index contributed by atoms with van der Waals surface area (Å²) in [5.41, 5.74) is 1.82. The van der Waals surface area contributed by atoms with Gasteiger partial charge in [0.15, 0.2) is 4.77 Å². The SMILES string of the molecule is Cc1[nH]c(=S)[nH]c(=O)c1Cc1c(Cl)cccc1Cl. The molecule has 0 bridgehead atoms. The van der Waals surface area contributed by atoms with E-state index in [9.17, 15) is 4.79 Å². The molecule has 2 rings (SSSR count). The van der Waals surface area contributed by atoms with E-state index in [1.54, 1.807) is 25.1 Å². The average molecular weight is 301 g/mol. The van der Waals surface area contributed by atoms with Crippen molar-refractivity contribution in [1.29, 1.82) is 0 Å². The Morgan fingerprint density at radius 2 is 1.78 bits per heavy atom. The number of nitrogens with one attached hydrogen (secondary N) is 2. The van der Waals surface area contributed by atoms with Crippen molar-refractivity contribution in [2.75, 3.05) is 0 Å². The van der Waals surface area contributed by atoms with E-state index < -0.39 is 0 Å². The number of H-pyrrole nitrogens is 2. The van der Waals surface area contributed by atoms with Gasteiger partial charge in [0.25, 0.3) is 5.56 Å². The molecular formula is C12H10Cl2N2OS. The molecular weight excluding hydrogens is 291 g/mol. The highest BCUT2D eigenvalue weighted by molar-refractivity contribution is 7.71. The number of benzene rings is 1. The van der Waals surface area contributed by atoms with Gasteiger partial charge in [-0.25, -0.2) is 0 Å². The number of aryl methyl sites for hydroxylation is 1. The Morgan fingerprint density at radius 1 is 1.17 bits per heavy atom. The van der Waals surface area contributed by atoms with Crippen LogP contribution in [0.25, 0.3) is 0 Å². The molecule has 3 nitrogen and oxygen atoms in total. The molecule has 0 spiro atoms. The molecule has 18 heavy (non-hydrogen) atoms. The zero-order chi connectivity index (χ0) is 13.3. The highest BCUT2D eigenvalue weighted by Gasteiger charge is 2.11. The molecule has 1 aromatic carbocycles. The predicted octanol–water partition coefficient (Wildman–Crippen LogP) is 3.64. The summed E-state index contributed by atoms with van der Waals surface area (Å²) in [6, 6.07) is 5.26. The molecule has 1 heterocycles. The maximum atomic E-state index is 11.9. The number of hydrogen-bond acceptors (Lipinski definition) is 2. The number of aromatic nitrogens is 2. The first kappa shape index (κ1) is 13.3. The summed E-state index contributed by atoms with van der Waals surface area (Å²) >= 11 is 17.1. The lowest BCUT2D eigenvalue weighted by Crippen LogP contribution is -2.17. The molecule has 2 aromatic rings. The molecule has 2 N–H and O–H groups in total. The van der Waals surface area contributed by atoms with Crippen LogP contribution in [-0.2, 0) is 6.42 Å². The lowest BCUT2D eigenvalue weighted by Gasteiger charge is -2.08. The van der Waals surface area contributed by atoms with Crippen LogP contribution in [0.3, 0.4) is 0 Å². The minimum Gasteiger partial charge on any atom is -0.336 e. The van der Waals surface area contributed by atoms with Crippen LogP contribution < -0.4 is 5.56 Å². The molecule has 0 saturated heterocycles. The maximum Gasteiger partial charge on any atom is 0.255 e. The van der Waals surface area contributed by atoms with Gasteiger partial charge in [-0.15, -0.1) is 0 Å². The van der Waals surface area contributed by atoms with E-state index in [2.05, 4.69) is 9.97 Å². The van der Waals surface area contributed by atoms with Gasteiger partial charge < -0.3 is 4.98 Å². The topological polar surface area (TPSA) is 48.6 Å². The molecule has 1 aromatic heterocycles. The average Bonchev–Trinajstić information content (AvgIpc) is 2.26. The van der Waals surface area contributed by atoms with Gasteiger partial charge in [0.05, 0.1) is 0 Å². The third-order valence-corrected chi connectivity index (χ3v) is 3.58. The highest BCUT2D eigenvalue weighted by atomic mass is 35.5. The van der Waals surface area contributed by atoms with Crippen molar-refractivity contribution < 1.29 is 0 Å². The van der Waals surface area contributed by atoms with Crippen LogP contribution in [-0.4, -0.2) is 9.97 Å². The van der Waals surface area contributed by atoms with Crippen molar-refractivity contribution in [2.24, 2.45) is 0 Å². The van der Waals surface area contributed by atoms with Crippen LogP contribution in [0.5, 0.6) is 0 Å². The monoisotopic (exact) mass is 300 g/mol. The number of aromatic amines is 2. The first-order valence-electron chi connectivity index (χ1n) is 5.24. The molecule has 0 amide bonds. The van der Waals surface area contributed by atoms with E-state index in [1.165, 1.54) is 0 Å². The van der Waals surface area contributed by atoms with E-state index in [-0.39, 0.29) is 5.56 Å². The third-order valence-electron chi connectivity index (χ3n) is 2.67. The van der Waals surface area contributed by atoms with Gasteiger partial charge in [0.1, 0.15) is 0 Å². The smallest absolute Gasteiger partial charge is 0.255 e. The Hall–Kier alpha value is -1.10.